The van der Waals surface area contributed by atoms with E-state index in [4.69, 9.17) is 0 Å². The fourth-order valence-electron chi connectivity index (χ4n) is 0.798. The largest absolute Gasteiger partial charge is 0.310 e. The molecule has 1 aromatic rings. The molecule has 0 fully saturated rings. The lowest BCUT2D eigenvalue weighted by molar-refractivity contribution is 0.650. The summed E-state index contributed by atoms with van der Waals surface area (Å²) < 4.78 is 0. The summed E-state index contributed by atoms with van der Waals surface area (Å²) in [5, 5.41) is 3.23. The smallest absolute Gasteiger partial charge is 0.141 e. The number of nitrogens with zero attached hydrogens (tertiary/aromatic N) is 2. The second-order valence-corrected chi connectivity index (χ2v) is 2.34. The highest BCUT2D eigenvalue weighted by molar-refractivity contribution is 4.87. The van der Waals surface area contributed by atoms with Gasteiger partial charge in [0.1, 0.15) is 5.82 Å². The molecule has 0 atom stereocenters. The number of hydrogen-bond donors (Lipinski definition) is 1. The van der Waals surface area contributed by atoms with Gasteiger partial charge in [-0.2, -0.15) is 0 Å². The SMILES string of the molecule is CC.CC.CCCNCc1ncccn1. The van der Waals surface area contributed by atoms with Crippen LogP contribution >= 0.6 is 0 Å². The molecule has 0 unspecified atom stereocenters. The first-order valence-electron chi connectivity index (χ1n) is 5.90. The molecule has 0 aromatic carbocycles. The number of rotatable bonds is 4. The Kier molecular flexibility index (Phi) is 17.0. The Morgan fingerprint density at radius 3 is 2.07 bits per heavy atom. The summed E-state index contributed by atoms with van der Waals surface area (Å²) in [7, 11) is 0. The van der Waals surface area contributed by atoms with Gasteiger partial charge in [0.15, 0.2) is 0 Å². The van der Waals surface area contributed by atoms with E-state index in [2.05, 4.69) is 22.2 Å². The van der Waals surface area contributed by atoms with E-state index in [0.717, 1.165) is 25.3 Å². The van der Waals surface area contributed by atoms with Crippen molar-refractivity contribution in [3.05, 3.63) is 24.3 Å². The third-order valence-electron chi connectivity index (χ3n) is 1.33. The lowest BCUT2D eigenvalue weighted by Gasteiger charge is -1.99. The van der Waals surface area contributed by atoms with Crippen molar-refractivity contribution in [2.45, 2.75) is 47.6 Å². The van der Waals surface area contributed by atoms with Gasteiger partial charge in [-0.05, 0) is 19.0 Å². The third kappa shape index (κ3) is 11.0. The van der Waals surface area contributed by atoms with E-state index >= 15 is 0 Å². The van der Waals surface area contributed by atoms with Gasteiger partial charge in [0, 0.05) is 12.4 Å². The van der Waals surface area contributed by atoms with Crippen LogP contribution in [0, 0.1) is 0 Å². The van der Waals surface area contributed by atoms with Crippen LogP contribution in [0.3, 0.4) is 0 Å². The molecule has 3 heteroatoms. The van der Waals surface area contributed by atoms with Gasteiger partial charge < -0.3 is 5.32 Å². The number of hydrogen-bond acceptors (Lipinski definition) is 3. The van der Waals surface area contributed by atoms with Crippen molar-refractivity contribution in [2.75, 3.05) is 6.54 Å². The molecule has 1 rings (SSSR count). The molecule has 1 aromatic heterocycles. The Bertz CT molecular complexity index is 187. The molecule has 0 spiro atoms. The minimum Gasteiger partial charge on any atom is -0.310 e. The Hall–Kier alpha value is -0.960. The molecule has 15 heavy (non-hydrogen) atoms. The quantitative estimate of drug-likeness (QED) is 0.778. The fourth-order valence-corrected chi connectivity index (χ4v) is 0.798. The zero-order valence-corrected chi connectivity index (χ0v) is 10.7. The van der Waals surface area contributed by atoms with Crippen molar-refractivity contribution in [1.82, 2.24) is 15.3 Å². The second kappa shape index (κ2) is 15.5. The lowest BCUT2D eigenvalue weighted by atomic mass is 10.4. The van der Waals surface area contributed by atoms with Crippen LogP contribution in [0.5, 0.6) is 0 Å². The summed E-state index contributed by atoms with van der Waals surface area (Å²) in [5.74, 6) is 0.862. The van der Waals surface area contributed by atoms with Crippen molar-refractivity contribution in [3.63, 3.8) is 0 Å². The Morgan fingerprint density at radius 1 is 1.07 bits per heavy atom. The highest BCUT2D eigenvalue weighted by Gasteiger charge is 1.90. The van der Waals surface area contributed by atoms with Gasteiger partial charge in [0.25, 0.3) is 0 Å². The zero-order valence-electron chi connectivity index (χ0n) is 10.7. The molecular weight excluding hydrogens is 186 g/mol. The maximum Gasteiger partial charge on any atom is 0.141 e. The molecule has 0 saturated carbocycles. The van der Waals surface area contributed by atoms with E-state index in [1.165, 1.54) is 0 Å². The first-order chi connectivity index (χ1) is 7.43. The molecule has 0 radical (unpaired) electrons. The van der Waals surface area contributed by atoms with Crippen LogP contribution in [0.2, 0.25) is 0 Å². The molecule has 0 aliphatic heterocycles. The van der Waals surface area contributed by atoms with E-state index in [0.29, 0.717) is 0 Å². The summed E-state index contributed by atoms with van der Waals surface area (Å²) in [4.78, 5) is 8.15. The minimum atomic E-state index is 0.772. The van der Waals surface area contributed by atoms with Gasteiger partial charge in [-0.15, -0.1) is 0 Å². The van der Waals surface area contributed by atoms with Crippen LogP contribution in [-0.4, -0.2) is 16.5 Å². The van der Waals surface area contributed by atoms with Crippen LogP contribution in [0.15, 0.2) is 18.5 Å². The average molecular weight is 211 g/mol. The summed E-state index contributed by atoms with van der Waals surface area (Å²) >= 11 is 0. The Labute approximate surface area is 94.4 Å². The van der Waals surface area contributed by atoms with Gasteiger partial charge >= 0.3 is 0 Å². The molecule has 0 bridgehead atoms. The van der Waals surface area contributed by atoms with E-state index < -0.39 is 0 Å². The summed E-state index contributed by atoms with van der Waals surface area (Å²) in [6.45, 7) is 11.9. The molecule has 0 saturated heterocycles. The van der Waals surface area contributed by atoms with Crippen LogP contribution in [0.4, 0.5) is 0 Å². The predicted octanol–water partition coefficient (Wildman–Crippen LogP) is 3.03. The molecule has 1 heterocycles. The van der Waals surface area contributed by atoms with E-state index in [1.54, 1.807) is 12.4 Å². The standard InChI is InChI=1S/C8H13N3.2C2H6/c1-2-4-9-7-8-10-5-3-6-11-8;2*1-2/h3,5-6,9H,2,4,7H2,1H3;2*1-2H3. The Morgan fingerprint density at radius 2 is 1.60 bits per heavy atom. The molecular formula is C12H25N3. The van der Waals surface area contributed by atoms with E-state index in [1.807, 2.05) is 33.8 Å². The first-order valence-corrected chi connectivity index (χ1v) is 5.90. The van der Waals surface area contributed by atoms with Gasteiger partial charge in [0.05, 0.1) is 6.54 Å². The maximum atomic E-state index is 4.08. The van der Waals surface area contributed by atoms with Crippen molar-refractivity contribution < 1.29 is 0 Å². The average Bonchev–Trinajstić information content (AvgIpc) is 2.36. The van der Waals surface area contributed by atoms with E-state index in [-0.39, 0.29) is 0 Å². The van der Waals surface area contributed by atoms with Gasteiger partial charge in [-0.3, -0.25) is 0 Å². The number of aromatic nitrogens is 2. The topological polar surface area (TPSA) is 37.8 Å². The summed E-state index contributed by atoms with van der Waals surface area (Å²) in [6.07, 6.45) is 4.67. The van der Waals surface area contributed by atoms with Crippen LogP contribution in [-0.2, 0) is 6.54 Å². The van der Waals surface area contributed by atoms with Crippen LogP contribution < -0.4 is 5.32 Å². The third-order valence-corrected chi connectivity index (χ3v) is 1.33. The van der Waals surface area contributed by atoms with Gasteiger partial charge in [0.2, 0.25) is 0 Å². The van der Waals surface area contributed by atoms with Crippen molar-refractivity contribution in [2.24, 2.45) is 0 Å². The van der Waals surface area contributed by atoms with Crippen molar-refractivity contribution in [3.8, 4) is 0 Å². The minimum absolute atomic E-state index is 0.772. The van der Waals surface area contributed by atoms with Gasteiger partial charge in [-0.1, -0.05) is 34.6 Å². The van der Waals surface area contributed by atoms with E-state index in [9.17, 15) is 0 Å². The normalized spacial score (nSPS) is 8.07. The highest BCUT2D eigenvalue weighted by atomic mass is 14.9. The summed E-state index contributed by atoms with van der Waals surface area (Å²) in [6, 6.07) is 1.82. The van der Waals surface area contributed by atoms with Crippen LogP contribution in [0.25, 0.3) is 0 Å². The lowest BCUT2D eigenvalue weighted by Crippen LogP contribution is -2.15. The highest BCUT2D eigenvalue weighted by Crippen LogP contribution is 1.85. The molecule has 88 valence electrons. The predicted molar refractivity (Wildman–Crippen MR) is 66.7 cm³/mol. The first kappa shape index (κ1) is 16.5. The molecule has 0 aliphatic rings. The van der Waals surface area contributed by atoms with Gasteiger partial charge in [-0.25, -0.2) is 9.97 Å². The maximum absolute atomic E-state index is 4.08. The Balaban J connectivity index is 0. The van der Waals surface area contributed by atoms with Crippen LogP contribution in [0.1, 0.15) is 46.9 Å². The zero-order chi connectivity index (χ0) is 11.9. The summed E-state index contributed by atoms with van der Waals surface area (Å²) in [5.41, 5.74) is 0. The van der Waals surface area contributed by atoms with Crippen molar-refractivity contribution in [1.29, 1.82) is 0 Å². The number of nitrogens with one attached hydrogen (secondary N) is 1. The molecule has 1 N–H and O–H groups in total. The molecule has 0 aliphatic carbocycles. The molecule has 3 nitrogen and oxygen atoms in total. The monoisotopic (exact) mass is 211 g/mol. The van der Waals surface area contributed by atoms with Crippen molar-refractivity contribution >= 4 is 0 Å². The molecule has 0 amide bonds. The fraction of sp³-hybridized carbons (Fsp3) is 0.667. The second-order valence-electron chi connectivity index (χ2n) is 2.34.